The summed E-state index contributed by atoms with van der Waals surface area (Å²) in [6, 6.07) is 5.47. The van der Waals surface area contributed by atoms with E-state index in [1.807, 2.05) is 19.1 Å². The van der Waals surface area contributed by atoms with E-state index in [4.69, 9.17) is 11.6 Å². The highest BCUT2D eigenvalue weighted by Gasteiger charge is 2.18. The van der Waals surface area contributed by atoms with Gasteiger partial charge in [-0.15, -0.1) is 11.3 Å². The predicted octanol–water partition coefficient (Wildman–Crippen LogP) is 4.80. The Morgan fingerprint density at radius 2 is 2.07 bits per heavy atom. The van der Waals surface area contributed by atoms with Crippen LogP contribution in [0.15, 0.2) is 18.2 Å². The van der Waals surface area contributed by atoms with E-state index < -0.39 is 6.43 Å². The molecule has 0 aliphatic rings. The molecule has 0 atom stereocenters. The Labute approximate surface area is 89.1 Å². The fourth-order valence-electron chi connectivity index (χ4n) is 1.40. The van der Waals surface area contributed by atoms with Crippen molar-refractivity contribution in [2.45, 2.75) is 13.3 Å². The van der Waals surface area contributed by atoms with Crippen molar-refractivity contribution in [3.8, 4) is 0 Å². The molecule has 0 saturated heterocycles. The molecule has 1 aromatic heterocycles. The molecule has 0 aliphatic heterocycles. The molecule has 0 spiro atoms. The summed E-state index contributed by atoms with van der Waals surface area (Å²) < 4.78 is 26.3. The van der Waals surface area contributed by atoms with E-state index in [2.05, 4.69) is 0 Å². The summed E-state index contributed by atoms with van der Waals surface area (Å²) in [6.07, 6.45) is -2.50. The zero-order valence-electron chi connectivity index (χ0n) is 7.35. The molecule has 1 heterocycles. The van der Waals surface area contributed by atoms with E-state index >= 15 is 0 Å². The second-order valence-corrected chi connectivity index (χ2v) is 4.74. The van der Waals surface area contributed by atoms with Gasteiger partial charge in [-0.3, -0.25) is 0 Å². The maximum Gasteiger partial charge on any atom is 0.266 e. The molecule has 2 aromatic rings. The van der Waals surface area contributed by atoms with E-state index in [0.29, 0.717) is 5.39 Å². The minimum atomic E-state index is -2.50. The highest BCUT2D eigenvalue weighted by Crippen LogP contribution is 2.40. The number of alkyl halides is 2. The van der Waals surface area contributed by atoms with Crippen molar-refractivity contribution in [1.29, 1.82) is 0 Å². The smallest absolute Gasteiger partial charge is 0.205 e. The van der Waals surface area contributed by atoms with Crippen molar-refractivity contribution in [1.82, 2.24) is 0 Å². The highest BCUT2D eigenvalue weighted by atomic mass is 35.5. The average molecular weight is 233 g/mol. The molecule has 0 nitrogen and oxygen atoms in total. The minimum absolute atomic E-state index is 0.0321. The van der Waals surface area contributed by atoms with Crippen molar-refractivity contribution < 1.29 is 8.78 Å². The van der Waals surface area contributed by atoms with Crippen LogP contribution in [-0.2, 0) is 0 Å². The lowest BCUT2D eigenvalue weighted by Crippen LogP contribution is -1.82. The van der Waals surface area contributed by atoms with E-state index in [9.17, 15) is 8.78 Å². The van der Waals surface area contributed by atoms with Crippen molar-refractivity contribution >= 4 is 33.0 Å². The van der Waals surface area contributed by atoms with Gasteiger partial charge in [0.1, 0.15) is 4.34 Å². The number of thiophene rings is 1. The molecule has 0 radical (unpaired) electrons. The maximum absolute atomic E-state index is 12.6. The largest absolute Gasteiger partial charge is 0.266 e. The maximum atomic E-state index is 12.6. The molecule has 0 fully saturated rings. The van der Waals surface area contributed by atoms with Gasteiger partial charge in [0.2, 0.25) is 0 Å². The van der Waals surface area contributed by atoms with Gasteiger partial charge in [0.15, 0.2) is 0 Å². The average Bonchev–Trinajstić information content (AvgIpc) is 2.40. The molecule has 0 aliphatic carbocycles. The van der Waals surface area contributed by atoms with Gasteiger partial charge in [-0.2, -0.15) is 0 Å². The third-order valence-electron chi connectivity index (χ3n) is 2.05. The van der Waals surface area contributed by atoms with Crippen molar-refractivity contribution in [2.24, 2.45) is 0 Å². The van der Waals surface area contributed by atoms with Crippen molar-refractivity contribution in [3.63, 3.8) is 0 Å². The lowest BCUT2D eigenvalue weighted by atomic mass is 10.1. The summed E-state index contributed by atoms with van der Waals surface area (Å²) in [5, 5.41) is 0.579. The van der Waals surface area contributed by atoms with Crippen LogP contribution in [0.5, 0.6) is 0 Å². The molecular weight excluding hydrogens is 226 g/mol. The third-order valence-corrected chi connectivity index (χ3v) is 3.46. The first-order valence-electron chi connectivity index (χ1n) is 4.06. The molecule has 0 saturated carbocycles. The van der Waals surface area contributed by atoms with Gasteiger partial charge in [0, 0.05) is 10.1 Å². The van der Waals surface area contributed by atoms with Crippen LogP contribution in [-0.4, -0.2) is 0 Å². The van der Waals surface area contributed by atoms with Crippen LogP contribution in [0.25, 0.3) is 10.1 Å². The zero-order valence-corrected chi connectivity index (χ0v) is 8.92. The highest BCUT2D eigenvalue weighted by molar-refractivity contribution is 7.22. The van der Waals surface area contributed by atoms with E-state index in [0.717, 1.165) is 10.3 Å². The van der Waals surface area contributed by atoms with E-state index in [1.165, 1.54) is 11.3 Å². The van der Waals surface area contributed by atoms with Crippen LogP contribution >= 0.6 is 22.9 Å². The minimum Gasteiger partial charge on any atom is -0.205 e. The van der Waals surface area contributed by atoms with Crippen LogP contribution in [0.1, 0.15) is 17.6 Å². The number of hydrogen-bond acceptors (Lipinski definition) is 1. The first-order chi connectivity index (χ1) is 6.59. The fourth-order valence-corrected chi connectivity index (χ4v) is 2.75. The summed E-state index contributed by atoms with van der Waals surface area (Å²) in [5.74, 6) is 0. The second-order valence-electron chi connectivity index (χ2n) is 3.09. The van der Waals surface area contributed by atoms with Crippen molar-refractivity contribution in [2.75, 3.05) is 0 Å². The van der Waals surface area contributed by atoms with Gasteiger partial charge >= 0.3 is 0 Å². The molecule has 0 N–H and O–H groups in total. The summed E-state index contributed by atoms with van der Waals surface area (Å²) in [4.78, 5) is 0. The molecular formula is C10H7ClF2S. The van der Waals surface area contributed by atoms with Crippen LogP contribution in [0.3, 0.4) is 0 Å². The van der Waals surface area contributed by atoms with Gasteiger partial charge in [-0.25, -0.2) is 8.78 Å². The van der Waals surface area contributed by atoms with Gasteiger partial charge in [0.05, 0.1) is 5.56 Å². The predicted molar refractivity (Wildman–Crippen MR) is 56.5 cm³/mol. The number of hydrogen-bond donors (Lipinski definition) is 0. The normalized spacial score (nSPS) is 11.5. The SMILES string of the molecule is Cc1ccc2sc(Cl)c(C(F)F)c2c1. The summed E-state index contributed by atoms with van der Waals surface area (Å²) in [6.45, 7) is 1.88. The molecule has 4 heteroatoms. The van der Waals surface area contributed by atoms with Gasteiger partial charge in [-0.05, 0) is 13.0 Å². The molecule has 0 amide bonds. The van der Waals surface area contributed by atoms with E-state index in [1.54, 1.807) is 6.07 Å². The number of rotatable bonds is 1. The fraction of sp³-hybridized carbons (Fsp3) is 0.200. The Bertz CT molecular complexity index is 476. The Morgan fingerprint density at radius 1 is 1.36 bits per heavy atom. The lowest BCUT2D eigenvalue weighted by molar-refractivity contribution is 0.153. The topological polar surface area (TPSA) is 0 Å². The summed E-state index contributed by atoms with van der Waals surface area (Å²) in [5.41, 5.74) is 0.934. The molecule has 1 aromatic carbocycles. The lowest BCUT2D eigenvalue weighted by Gasteiger charge is -1.98. The summed E-state index contributed by atoms with van der Waals surface area (Å²) in [7, 11) is 0. The Balaban J connectivity index is 2.79. The Morgan fingerprint density at radius 3 is 2.71 bits per heavy atom. The first-order valence-corrected chi connectivity index (χ1v) is 5.25. The van der Waals surface area contributed by atoms with Crippen LogP contribution < -0.4 is 0 Å². The molecule has 2 rings (SSSR count). The Hall–Kier alpha value is -0.670. The quantitative estimate of drug-likeness (QED) is 0.663. The summed E-state index contributed by atoms with van der Waals surface area (Å²) >= 11 is 6.95. The van der Waals surface area contributed by atoms with Crippen molar-refractivity contribution in [3.05, 3.63) is 33.7 Å². The standard InChI is InChI=1S/C10H7ClF2S/c1-5-2-3-7-6(4-5)8(10(12)13)9(11)14-7/h2-4,10H,1H3. The molecule has 14 heavy (non-hydrogen) atoms. The number of fused-ring (bicyclic) bond motifs is 1. The van der Waals surface area contributed by atoms with E-state index in [-0.39, 0.29) is 9.90 Å². The number of benzene rings is 1. The van der Waals surface area contributed by atoms with Crippen LogP contribution in [0, 0.1) is 6.92 Å². The van der Waals surface area contributed by atoms with Crippen LogP contribution in [0.4, 0.5) is 8.78 Å². The number of aryl methyl sites for hydroxylation is 1. The molecule has 0 unspecified atom stereocenters. The van der Waals surface area contributed by atoms with Gasteiger partial charge < -0.3 is 0 Å². The van der Waals surface area contributed by atoms with Crippen LogP contribution in [0.2, 0.25) is 4.34 Å². The van der Waals surface area contributed by atoms with Gasteiger partial charge in [0.25, 0.3) is 6.43 Å². The molecule has 0 bridgehead atoms. The van der Waals surface area contributed by atoms with Gasteiger partial charge in [-0.1, -0.05) is 29.3 Å². The second kappa shape index (κ2) is 3.48. The zero-order chi connectivity index (χ0) is 10.3. The number of halogens is 3. The monoisotopic (exact) mass is 232 g/mol. The Kier molecular flexibility index (Phi) is 2.45. The third kappa shape index (κ3) is 1.51. The first kappa shape index (κ1) is 9.87. The molecule has 74 valence electrons.